The zero-order valence-corrected chi connectivity index (χ0v) is 13.6. The lowest BCUT2D eigenvalue weighted by molar-refractivity contribution is 0.566. The molecule has 3 nitrogen and oxygen atoms in total. The van der Waals surface area contributed by atoms with Gasteiger partial charge in [0, 0.05) is 29.2 Å². The van der Waals surface area contributed by atoms with Crippen LogP contribution in [0.2, 0.25) is 0 Å². The summed E-state index contributed by atoms with van der Waals surface area (Å²) < 4.78 is 2.37. The number of aromatic nitrogens is 2. The van der Waals surface area contributed by atoms with Gasteiger partial charge in [0.25, 0.3) is 0 Å². The first kappa shape index (κ1) is 14.3. The minimum absolute atomic E-state index is 0.484. The van der Waals surface area contributed by atoms with Crippen molar-refractivity contribution in [3.8, 4) is 0 Å². The van der Waals surface area contributed by atoms with Crippen LogP contribution in [0.25, 0.3) is 10.9 Å². The molecule has 0 saturated carbocycles. The largest absolute Gasteiger partial charge is 0.337 e. The van der Waals surface area contributed by atoms with Crippen molar-refractivity contribution in [3.05, 3.63) is 52.1 Å². The van der Waals surface area contributed by atoms with Crippen LogP contribution in [0.4, 0.5) is 0 Å². The Hall–Kier alpha value is -1.65. The number of fused-ring (bicyclic) bond motifs is 1. The maximum absolute atomic E-state index is 4.61. The molecule has 2 heterocycles. The Balaban J connectivity index is 1.98. The highest BCUT2D eigenvalue weighted by molar-refractivity contribution is 7.09. The van der Waals surface area contributed by atoms with Gasteiger partial charge in [0.05, 0.1) is 17.2 Å². The lowest BCUT2D eigenvalue weighted by Gasteiger charge is -2.12. The number of hydrogen-bond acceptors (Lipinski definition) is 3. The molecule has 3 rings (SSSR count). The average molecular weight is 299 g/mol. The molecule has 0 aliphatic heterocycles. The second-order valence-electron chi connectivity index (χ2n) is 5.67. The van der Waals surface area contributed by atoms with E-state index in [9.17, 15) is 0 Å². The van der Waals surface area contributed by atoms with Gasteiger partial charge in [-0.2, -0.15) is 0 Å². The SMILES string of the molecule is Cc1nc(Cn2c(CNC(C)C)cc3ccccc32)cs1. The van der Waals surface area contributed by atoms with Crippen molar-refractivity contribution in [2.75, 3.05) is 0 Å². The number of thiazole rings is 1. The Morgan fingerprint density at radius 3 is 2.81 bits per heavy atom. The summed E-state index contributed by atoms with van der Waals surface area (Å²) in [6.45, 7) is 8.14. The van der Waals surface area contributed by atoms with Crippen LogP contribution >= 0.6 is 11.3 Å². The molecule has 0 aliphatic rings. The van der Waals surface area contributed by atoms with Crippen LogP contribution in [0, 0.1) is 6.92 Å². The van der Waals surface area contributed by atoms with Gasteiger partial charge in [-0.15, -0.1) is 11.3 Å². The Morgan fingerprint density at radius 2 is 2.10 bits per heavy atom. The number of aryl methyl sites for hydroxylation is 1. The number of rotatable bonds is 5. The molecule has 0 atom stereocenters. The highest BCUT2D eigenvalue weighted by atomic mass is 32.1. The summed E-state index contributed by atoms with van der Waals surface area (Å²) in [6, 6.07) is 11.3. The van der Waals surface area contributed by atoms with E-state index in [0.29, 0.717) is 6.04 Å². The fourth-order valence-electron chi connectivity index (χ4n) is 2.55. The van der Waals surface area contributed by atoms with Crippen LogP contribution in [0.15, 0.2) is 35.7 Å². The highest BCUT2D eigenvalue weighted by Crippen LogP contribution is 2.22. The van der Waals surface area contributed by atoms with E-state index in [2.05, 4.69) is 71.4 Å². The molecule has 2 aromatic heterocycles. The lowest BCUT2D eigenvalue weighted by atomic mass is 10.2. The van der Waals surface area contributed by atoms with E-state index in [4.69, 9.17) is 0 Å². The quantitative estimate of drug-likeness (QED) is 0.773. The van der Waals surface area contributed by atoms with E-state index in [1.807, 2.05) is 0 Å². The molecule has 21 heavy (non-hydrogen) atoms. The third kappa shape index (κ3) is 3.17. The van der Waals surface area contributed by atoms with E-state index < -0.39 is 0 Å². The molecule has 0 unspecified atom stereocenters. The molecule has 1 N–H and O–H groups in total. The van der Waals surface area contributed by atoms with Crippen LogP contribution in [0.3, 0.4) is 0 Å². The van der Waals surface area contributed by atoms with Crippen molar-refractivity contribution in [2.45, 2.75) is 39.9 Å². The molecule has 0 spiro atoms. The van der Waals surface area contributed by atoms with Crippen LogP contribution < -0.4 is 5.32 Å². The summed E-state index contributed by atoms with van der Waals surface area (Å²) in [4.78, 5) is 4.61. The van der Waals surface area contributed by atoms with E-state index in [1.54, 1.807) is 11.3 Å². The van der Waals surface area contributed by atoms with Crippen LogP contribution in [-0.2, 0) is 13.1 Å². The predicted molar refractivity (Wildman–Crippen MR) is 89.9 cm³/mol. The maximum Gasteiger partial charge on any atom is 0.0898 e. The van der Waals surface area contributed by atoms with Gasteiger partial charge < -0.3 is 9.88 Å². The number of hydrogen-bond donors (Lipinski definition) is 1. The molecule has 0 bridgehead atoms. The summed E-state index contributed by atoms with van der Waals surface area (Å²) in [5, 5.41) is 8.10. The first-order valence-corrected chi connectivity index (χ1v) is 8.23. The van der Waals surface area contributed by atoms with Gasteiger partial charge in [0.1, 0.15) is 0 Å². The molecule has 0 fully saturated rings. The first-order chi connectivity index (χ1) is 10.1. The van der Waals surface area contributed by atoms with Gasteiger partial charge >= 0.3 is 0 Å². The minimum Gasteiger partial charge on any atom is -0.337 e. The van der Waals surface area contributed by atoms with Gasteiger partial charge in [-0.3, -0.25) is 0 Å². The molecule has 0 amide bonds. The van der Waals surface area contributed by atoms with Crippen molar-refractivity contribution < 1.29 is 0 Å². The van der Waals surface area contributed by atoms with E-state index >= 15 is 0 Å². The van der Waals surface area contributed by atoms with Gasteiger partial charge in [-0.25, -0.2) is 4.98 Å². The van der Waals surface area contributed by atoms with Gasteiger partial charge in [-0.05, 0) is 24.4 Å². The van der Waals surface area contributed by atoms with Crippen molar-refractivity contribution in [2.24, 2.45) is 0 Å². The Labute approximate surface area is 129 Å². The van der Waals surface area contributed by atoms with Gasteiger partial charge in [-0.1, -0.05) is 32.0 Å². The molecule has 4 heteroatoms. The van der Waals surface area contributed by atoms with Crippen molar-refractivity contribution in [1.29, 1.82) is 0 Å². The molecule has 1 aromatic carbocycles. The number of para-hydroxylation sites is 1. The summed E-state index contributed by atoms with van der Waals surface area (Å²) in [5.74, 6) is 0. The lowest BCUT2D eigenvalue weighted by Crippen LogP contribution is -2.23. The molecule has 0 saturated heterocycles. The second kappa shape index (κ2) is 6.00. The molecular weight excluding hydrogens is 278 g/mol. The van der Waals surface area contributed by atoms with Crippen molar-refractivity contribution in [1.82, 2.24) is 14.9 Å². The number of nitrogens with one attached hydrogen (secondary N) is 1. The molecule has 0 aliphatic carbocycles. The van der Waals surface area contributed by atoms with E-state index in [-0.39, 0.29) is 0 Å². The molecule has 110 valence electrons. The zero-order chi connectivity index (χ0) is 14.8. The minimum atomic E-state index is 0.484. The third-order valence-electron chi connectivity index (χ3n) is 3.57. The molecular formula is C17H21N3S. The first-order valence-electron chi connectivity index (χ1n) is 7.35. The maximum atomic E-state index is 4.61. The molecule has 3 aromatic rings. The van der Waals surface area contributed by atoms with Crippen LogP contribution in [0.1, 0.15) is 30.2 Å². The molecule has 0 radical (unpaired) electrons. The predicted octanol–water partition coefficient (Wildman–Crippen LogP) is 3.95. The van der Waals surface area contributed by atoms with Gasteiger partial charge in [0.2, 0.25) is 0 Å². The topological polar surface area (TPSA) is 29.9 Å². The smallest absolute Gasteiger partial charge is 0.0898 e. The summed E-state index contributed by atoms with van der Waals surface area (Å²) >= 11 is 1.72. The summed E-state index contributed by atoms with van der Waals surface area (Å²) in [5.41, 5.74) is 3.74. The van der Waals surface area contributed by atoms with Crippen molar-refractivity contribution >= 4 is 22.2 Å². The summed E-state index contributed by atoms with van der Waals surface area (Å²) in [7, 11) is 0. The number of nitrogens with zero attached hydrogens (tertiary/aromatic N) is 2. The fourth-order valence-corrected chi connectivity index (χ4v) is 3.16. The monoisotopic (exact) mass is 299 g/mol. The summed E-state index contributed by atoms with van der Waals surface area (Å²) in [6.07, 6.45) is 0. The standard InChI is InChI=1S/C17H21N3S/c1-12(2)18-9-16-8-14-6-4-5-7-17(14)20(16)10-15-11-21-13(3)19-15/h4-8,11-12,18H,9-10H2,1-3H3. The van der Waals surface area contributed by atoms with Crippen molar-refractivity contribution in [3.63, 3.8) is 0 Å². The zero-order valence-electron chi connectivity index (χ0n) is 12.8. The van der Waals surface area contributed by atoms with E-state index in [1.165, 1.54) is 16.6 Å². The third-order valence-corrected chi connectivity index (χ3v) is 4.40. The number of benzene rings is 1. The normalized spacial score (nSPS) is 11.6. The van der Waals surface area contributed by atoms with E-state index in [0.717, 1.165) is 23.8 Å². The highest BCUT2D eigenvalue weighted by Gasteiger charge is 2.10. The van der Waals surface area contributed by atoms with Gasteiger partial charge in [0.15, 0.2) is 0 Å². The van der Waals surface area contributed by atoms with Crippen LogP contribution in [-0.4, -0.2) is 15.6 Å². The van der Waals surface area contributed by atoms with Crippen LogP contribution in [0.5, 0.6) is 0 Å². The Morgan fingerprint density at radius 1 is 1.29 bits per heavy atom. The average Bonchev–Trinajstić information content (AvgIpc) is 3.01. The Bertz CT molecular complexity index is 739. The Kier molecular flexibility index (Phi) is 4.08. The fraction of sp³-hybridized carbons (Fsp3) is 0.353. The second-order valence-corrected chi connectivity index (χ2v) is 6.74.